The molecule has 0 radical (unpaired) electrons. The Labute approximate surface area is 113 Å². The van der Waals surface area contributed by atoms with Crippen LogP contribution < -0.4 is 5.73 Å². The Morgan fingerprint density at radius 1 is 1.28 bits per heavy atom. The molecule has 1 rings (SSSR count). The van der Waals surface area contributed by atoms with Gasteiger partial charge in [-0.15, -0.1) is 0 Å². The third-order valence-corrected chi connectivity index (χ3v) is 4.31. The molecule has 1 unspecified atom stereocenters. The minimum absolute atomic E-state index is 0.298. The number of hydrogen-bond donors (Lipinski definition) is 2. The number of aliphatic hydroxyl groups excluding tert-OH is 1. The molecule has 18 heavy (non-hydrogen) atoms. The van der Waals surface area contributed by atoms with Crippen molar-refractivity contribution in [1.82, 2.24) is 4.90 Å². The Kier molecular flexibility index (Phi) is 7.20. The van der Waals surface area contributed by atoms with E-state index in [2.05, 4.69) is 18.7 Å². The molecule has 1 fully saturated rings. The number of nitrogens with zero attached hydrogens (tertiary/aromatic N) is 1. The summed E-state index contributed by atoms with van der Waals surface area (Å²) in [5.74, 6) is 0. The van der Waals surface area contributed by atoms with Gasteiger partial charge >= 0.3 is 0 Å². The van der Waals surface area contributed by atoms with Crippen molar-refractivity contribution in [3.05, 3.63) is 0 Å². The van der Waals surface area contributed by atoms with E-state index in [4.69, 9.17) is 10.8 Å². The van der Waals surface area contributed by atoms with Crippen molar-refractivity contribution in [1.29, 1.82) is 0 Å². The molecule has 0 aromatic heterocycles. The van der Waals surface area contributed by atoms with Crippen molar-refractivity contribution in [2.24, 2.45) is 11.1 Å². The van der Waals surface area contributed by atoms with Crippen LogP contribution in [0.1, 0.15) is 58.8 Å². The summed E-state index contributed by atoms with van der Waals surface area (Å²) in [6, 6.07) is 0.631. The van der Waals surface area contributed by atoms with Gasteiger partial charge in [-0.3, -0.25) is 0 Å². The quantitative estimate of drug-likeness (QED) is 0.656. The van der Waals surface area contributed by atoms with Crippen molar-refractivity contribution < 1.29 is 5.11 Å². The second-order valence-electron chi connectivity index (χ2n) is 6.52. The number of piperidine rings is 1. The second-order valence-corrected chi connectivity index (χ2v) is 6.52. The number of rotatable bonds is 8. The SMILES string of the molecule is CC(C)(CN)CCCCN1CCCCC1CCO. The van der Waals surface area contributed by atoms with Crippen LogP contribution in [0.2, 0.25) is 0 Å². The van der Waals surface area contributed by atoms with Crippen LogP contribution >= 0.6 is 0 Å². The fourth-order valence-electron chi connectivity index (χ4n) is 2.85. The van der Waals surface area contributed by atoms with Gasteiger partial charge in [0.2, 0.25) is 0 Å². The first-order valence-electron chi connectivity index (χ1n) is 7.64. The molecule has 0 aromatic carbocycles. The fourth-order valence-corrected chi connectivity index (χ4v) is 2.85. The molecular formula is C15H32N2O. The van der Waals surface area contributed by atoms with Crippen molar-refractivity contribution in [2.75, 3.05) is 26.2 Å². The summed E-state index contributed by atoms with van der Waals surface area (Å²) in [6.07, 6.45) is 8.65. The zero-order valence-electron chi connectivity index (χ0n) is 12.3. The molecular weight excluding hydrogens is 224 g/mol. The molecule has 1 saturated heterocycles. The smallest absolute Gasteiger partial charge is 0.0445 e. The van der Waals surface area contributed by atoms with E-state index in [9.17, 15) is 0 Å². The topological polar surface area (TPSA) is 49.5 Å². The van der Waals surface area contributed by atoms with E-state index in [0.29, 0.717) is 18.1 Å². The van der Waals surface area contributed by atoms with Crippen LogP contribution in [0.5, 0.6) is 0 Å². The number of nitrogens with two attached hydrogens (primary N) is 1. The summed E-state index contributed by atoms with van der Waals surface area (Å²) in [5.41, 5.74) is 6.05. The number of aliphatic hydroxyl groups is 1. The van der Waals surface area contributed by atoms with E-state index >= 15 is 0 Å². The van der Waals surface area contributed by atoms with Gasteiger partial charge in [-0.05, 0) is 57.2 Å². The van der Waals surface area contributed by atoms with Crippen molar-refractivity contribution in [3.63, 3.8) is 0 Å². The molecule has 1 aliphatic heterocycles. The molecule has 108 valence electrons. The highest BCUT2D eigenvalue weighted by Gasteiger charge is 2.21. The van der Waals surface area contributed by atoms with E-state index in [-0.39, 0.29) is 0 Å². The van der Waals surface area contributed by atoms with Gasteiger partial charge in [0.1, 0.15) is 0 Å². The van der Waals surface area contributed by atoms with E-state index in [0.717, 1.165) is 13.0 Å². The van der Waals surface area contributed by atoms with Gasteiger partial charge in [0.05, 0.1) is 0 Å². The van der Waals surface area contributed by atoms with Gasteiger partial charge in [0.15, 0.2) is 0 Å². The molecule has 0 aromatic rings. The van der Waals surface area contributed by atoms with Crippen LogP contribution in [-0.2, 0) is 0 Å². The lowest BCUT2D eigenvalue weighted by Crippen LogP contribution is -2.40. The van der Waals surface area contributed by atoms with Gasteiger partial charge in [0.25, 0.3) is 0 Å². The maximum atomic E-state index is 9.11. The van der Waals surface area contributed by atoms with Crippen molar-refractivity contribution in [3.8, 4) is 0 Å². The standard InChI is InChI=1S/C15H32N2O/c1-15(2,13-16)9-4-6-11-17-10-5-3-7-14(17)8-12-18/h14,18H,3-13,16H2,1-2H3. The third-order valence-electron chi connectivity index (χ3n) is 4.31. The summed E-state index contributed by atoms with van der Waals surface area (Å²) in [6.45, 7) is 8.05. The molecule has 0 spiro atoms. The molecule has 0 bridgehead atoms. The highest BCUT2D eigenvalue weighted by Crippen LogP contribution is 2.23. The Morgan fingerprint density at radius 2 is 2.06 bits per heavy atom. The minimum Gasteiger partial charge on any atom is -0.396 e. The molecule has 0 saturated carbocycles. The van der Waals surface area contributed by atoms with Gasteiger partial charge in [-0.2, -0.15) is 0 Å². The van der Waals surface area contributed by atoms with Crippen LogP contribution in [0, 0.1) is 5.41 Å². The van der Waals surface area contributed by atoms with Crippen LogP contribution in [-0.4, -0.2) is 42.3 Å². The van der Waals surface area contributed by atoms with E-state index < -0.39 is 0 Å². The molecule has 3 nitrogen and oxygen atoms in total. The summed E-state index contributed by atoms with van der Waals surface area (Å²) in [4.78, 5) is 2.59. The average molecular weight is 256 g/mol. The molecule has 3 heteroatoms. The Hall–Kier alpha value is -0.120. The van der Waals surface area contributed by atoms with E-state index in [1.807, 2.05) is 0 Å². The maximum Gasteiger partial charge on any atom is 0.0445 e. The predicted octanol–water partition coefficient (Wildman–Crippen LogP) is 2.38. The molecule has 0 amide bonds. The van der Waals surface area contributed by atoms with Gasteiger partial charge in [0, 0.05) is 12.6 Å². The predicted molar refractivity (Wildman–Crippen MR) is 77.6 cm³/mol. The first-order chi connectivity index (χ1) is 8.59. The number of hydrogen-bond acceptors (Lipinski definition) is 3. The van der Waals surface area contributed by atoms with Gasteiger partial charge in [-0.1, -0.05) is 26.7 Å². The molecule has 0 aliphatic carbocycles. The minimum atomic E-state index is 0.298. The maximum absolute atomic E-state index is 9.11. The molecule has 1 heterocycles. The van der Waals surface area contributed by atoms with Crippen LogP contribution in [0.3, 0.4) is 0 Å². The van der Waals surface area contributed by atoms with Gasteiger partial charge < -0.3 is 15.7 Å². The Balaban J connectivity index is 2.20. The monoisotopic (exact) mass is 256 g/mol. The lowest BCUT2D eigenvalue weighted by atomic mass is 9.87. The molecule has 1 aliphatic rings. The lowest BCUT2D eigenvalue weighted by molar-refractivity contribution is 0.116. The highest BCUT2D eigenvalue weighted by atomic mass is 16.3. The first kappa shape index (κ1) is 15.9. The summed E-state index contributed by atoms with van der Waals surface area (Å²) < 4.78 is 0. The van der Waals surface area contributed by atoms with Crippen LogP contribution in [0.4, 0.5) is 0 Å². The fraction of sp³-hybridized carbons (Fsp3) is 1.00. The van der Waals surface area contributed by atoms with Crippen molar-refractivity contribution in [2.45, 2.75) is 64.8 Å². The second kappa shape index (κ2) is 8.13. The normalized spacial score (nSPS) is 22.3. The number of likely N-dealkylation sites (tertiary alicyclic amines) is 1. The molecule has 3 N–H and O–H groups in total. The zero-order chi connectivity index (χ0) is 13.4. The van der Waals surface area contributed by atoms with E-state index in [1.54, 1.807) is 0 Å². The summed E-state index contributed by atoms with van der Waals surface area (Å²) in [5, 5.41) is 9.11. The molecule has 1 atom stereocenters. The summed E-state index contributed by atoms with van der Waals surface area (Å²) >= 11 is 0. The Morgan fingerprint density at radius 3 is 2.72 bits per heavy atom. The highest BCUT2D eigenvalue weighted by molar-refractivity contribution is 4.77. The van der Waals surface area contributed by atoms with Crippen molar-refractivity contribution >= 4 is 0 Å². The van der Waals surface area contributed by atoms with E-state index in [1.165, 1.54) is 51.6 Å². The zero-order valence-corrected chi connectivity index (χ0v) is 12.3. The van der Waals surface area contributed by atoms with Crippen LogP contribution in [0.15, 0.2) is 0 Å². The first-order valence-corrected chi connectivity index (χ1v) is 7.64. The number of unbranched alkanes of at least 4 members (excludes halogenated alkanes) is 1. The summed E-state index contributed by atoms with van der Waals surface area (Å²) in [7, 11) is 0. The average Bonchev–Trinajstić information content (AvgIpc) is 2.37. The van der Waals surface area contributed by atoms with Gasteiger partial charge in [-0.25, -0.2) is 0 Å². The largest absolute Gasteiger partial charge is 0.396 e. The third kappa shape index (κ3) is 5.68. The van der Waals surface area contributed by atoms with Crippen LogP contribution in [0.25, 0.3) is 0 Å². The lowest BCUT2D eigenvalue weighted by Gasteiger charge is -2.35. The Bertz CT molecular complexity index is 217.